The number of aromatic nitrogens is 3. The van der Waals surface area contributed by atoms with Crippen molar-refractivity contribution in [1.29, 1.82) is 0 Å². The second-order valence-corrected chi connectivity index (χ2v) is 10.6. The smallest absolute Gasteiger partial charge is 0.266 e. The van der Waals surface area contributed by atoms with Crippen molar-refractivity contribution in [2.24, 2.45) is 13.0 Å². The number of pyridine rings is 1. The molecule has 0 saturated heterocycles. The number of fused-ring (bicyclic) bond motifs is 1. The van der Waals surface area contributed by atoms with Gasteiger partial charge >= 0.3 is 0 Å². The molecule has 38 heavy (non-hydrogen) atoms. The monoisotopic (exact) mass is 523 g/mol. The maximum atomic E-state index is 13.2. The van der Waals surface area contributed by atoms with Crippen LogP contribution in [0.1, 0.15) is 51.0 Å². The van der Waals surface area contributed by atoms with Crippen LogP contribution in [-0.2, 0) is 7.05 Å². The van der Waals surface area contributed by atoms with Gasteiger partial charge in [-0.15, -0.1) is 11.3 Å². The van der Waals surface area contributed by atoms with Gasteiger partial charge in [0, 0.05) is 36.6 Å². The van der Waals surface area contributed by atoms with E-state index in [9.17, 15) is 9.59 Å². The molecule has 3 heterocycles. The Labute approximate surface area is 225 Å². The molecule has 0 aliphatic heterocycles. The van der Waals surface area contributed by atoms with E-state index in [1.165, 1.54) is 11.3 Å². The number of amides is 2. The summed E-state index contributed by atoms with van der Waals surface area (Å²) in [5.74, 6) is -0.0986. The lowest BCUT2D eigenvalue weighted by molar-refractivity contribution is 0.0925. The van der Waals surface area contributed by atoms with Gasteiger partial charge in [-0.1, -0.05) is 38.1 Å². The molecule has 2 amide bonds. The first kappa shape index (κ1) is 25.4. The topological polar surface area (TPSA) is 88.9 Å². The van der Waals surface area contributed by atoms with Crippen LogP contribution >= 0.6 is 11.3 Å². The van der Waals surface area contributed by atoms with E-state index in [0.29, 0.717) is 16.1 Å². The lowest BCUT2D eigenvalue weighted by Crippen LogP contribution is -2.31. The Morgan fingerprint density at radius 1 is 1.00 bits per heavy atom. The molecular formula is C30H29N5O2S. The Kier molecular flexibility index (Phi) is 7.07. The molecule has 5 rings (SSSR count). The van der Waals surface area contributed by atoms with Crippen LogP contribution in [0.5, 0.6) is 0 Å². The fraction of sp³-hybridized carbons (Fsp3) is 0.200. The number of anilines is 1. The molecule has 7 nitrogen and oxygen atoms in total. The molecule has 1 atom stereocenters. The van der Waals surface area contributed by atoms with Gasteiger partial charge in [0.15, 0.2) is 0 Å². The molecule has 0 unspecified atom stereocenters. The van der Waals surface area contributed by atoms with Gasteiger partial charge in [0.2, 0.25) is 0 Å². The Balaban J connectivity index is 1.38. The second-order valence-electron chi connectivity index (χ2n) is 9.72. The normalized spacial score (nSPS) is 12.0. The molecule has 0 saturated carbocycles. The number of nitrogens with one attached hydrogen (secondary N) is 2. The van der Waals surface area contributed by atoms with Crippen LogP contribution in [0.3, 0.4) is 0 Å². The highest BCUT2D eigenvalue weighted by Crippen LogP contribution is 2.34. The van der Waals surface area contributed by atoms with E-state index >= 15 is 0 Å². The molecule has 0 radical (unpaired) electrons. The van der Waals surface area contributed by atoms with Gasteiger partial charge in [0.1, 0.15) is 0 Å². The van der Waals surface area contributed by atoms with Crippen molar-refractivity contribution in [3.8, 4) is 11.1 Å². The highest BCUT2D eigenvalue weighted by molar-refractivity contribution is 7.12. The number of carbonyl (C=O) groups excluding carboxylic acids is 2. The summed E-state index contributed by atoms with van der Waals surface area (Å²) in [6, 6.07) is 15.6. The number of nitrogens with zero attached hydrogens (tertiary/aromatic N) is 3. The summed E-state index contributed by atoms with van der Waals surface area (Å²) in [6.45, 7) is 6.16. The van der Waals surface area contributed by atoms with E-state index in [2.05, 4.69) is 40.6 Å². The lowest BCUT2D eigenvalue weighted by Gasteiger charge is -2.24. The second kappa shape index (κ2) is 10.6. The number of benzene rings is 2. The van der Waals surface area contributed by atoms with Crippen molar-refractivity contribution in [3.05, 3.63) is 100 Å². The number of thiophene rings is 1. The van der Waals surface area contributed by atoms with Crippen LogP contribution in [0.15, 0.2) is 78.7 Å². The molecule has 2 N–H and O–H groups in total. The third-order valence-corrected chi connectivity index (χ3v) is 7.70. The van der Waals surface area contributed by atoms with E-state index in [1.54, 1.807) is 29.5 Å². The van der Waals surface area contributed by atoms with Crippen LogP contribution in [0.25, 0.3) is 21.9 Å². The maximum Gasteiger partial charge on any atom is 0.266 e. The minimum absolute atomic E-state index is 0.117. The Morgan fingerprint density at radius 3 is 2.61 bits per heavy atom. The van der Waals surface area contributed by atoms with E-state index in [4.69, 9.17) is 0 Å². The highest BCUT2D eigenvalue weighted by atomic mass is 32.1. The Bertz CT molecular complexity index is 1630. The summed E-state index contributed by atoms with van der Waals surface area (Å²) >= 11 is 1.42. The summed E-state index contributed by atoms with van der Waals surface area (Å²) < 4.78 is 1.65. The van der Waals surface area contributed by atoms with E-state index < -0.39 is 0 Å². The van der Waals surface area contributed by atoms with Crippen LogP contribution in [0.4, 0.5) is 5.69 Å². The largest absolute Gasteiger partial charge is 0.345 e. The summed E-state index contributed by atoms with van der Waals surface area (Å²) in [5, 5.41) is 14.2. The average molecular weight is 524 g/mol. The molecule has 0 bridgehead atoms. The van der Waals surface area contributed by atoms with E-state index in [1.807, 2.05) is 61.8 Å². The van der Waals surface area contributed by atoms with Gasteiger partial charge in [-0.05, 0) is 70.1 Å². The molecule has 2 aromatic carbocycles. The number of hydrogen-bond donors (Lipinski definition) is 2. The van der Waals surface area contributed by atoms with Crippen molar-refractivity contribution in [3.63, 3.8) is 0 Å². The zero-order chi connectivity index (χ0) is 26.8. The molecule has 0 fully saturated rings. The third-order valence-electron chi connectivity index (χ3n) is 6.62. The first-order valence-electron chi connectivity index (χ1n) is 12.4. The van der Waals surface area contributed by atoms with Crippen molar-refractivity contribution >= 4 is 39.6 Å². The van der Waals surface area contributed by atoms with Gasteiger partial charge in [-0.25, -0.2) is 0 Å². The fourth-order valence-corrected chi connectivity index (χ4v) is 5.58. The van der Waals surface area contributed by atoms with Crippen molar-refractivity contribution < 1.29 is 9.59 Å². The maximum absolute atomic E-state index is 13.2. The van der Waals surface area contributed by atoms with E-state index in [0.717, 1.165) is 33.0 Å². The van der Waals surface area contributed by atoms with Gasteiger partial charge in [-0.2, -0.15) is 5.10 Å². The molecule has 0 spiro atoms. The van der Waals surface area contributed by atoms with E-state index in [-0.39, 0.29) is 23.8 Å². The number of hydrogen-bond acceptors (Lipinski definition) is 5. The minimum Gasteiger partial charge on any atom is -0.345 e. The lowest BCUT2D eigenvalue weighted by atomic mass is 9.92. The zero-order valence-electron chi connectivity index (χ0n) is 21.7. The molecule has 0 aliphatic rings. The van der Waals surface area contributed by atoms with Crippen LogP contribution in [0, 0.1) is 12.8 Å². The SMILES string of the molecule is Cc1c(-c2cccc([C@H](NC(=O)c3ccc4cnccc4c3)C(C)C)c2)csc1C(=O)Nc1cnn(C)c1. The van der Waals surface area contributed by atoms with Gasteiger partial charge in [-0.3, -0.25) is 19.3 Å². The van der Waals surface area contributed by atoms with Gasteiger partial charge < -0.3 is 10.6 Å². The summed E-state index contributed by atoms with van der Waals surface area (Å²) in [6.07, 6.45) is 6.91. The molecule has 3 aromatic heterocycles. The quantitative estimate of drug-likeness (QED) is 0.259. The fourth-order valence-electron chi connectivity index (χ4n) is 4.58. The summed E-state index contributed by atoms with van der Waals surface area (Å²) in [4.78, 5) is 30.9. The molecule has 8 heteroatoms. The first-order chi connectivity index (χ1) is 18.3. The standard InChI is InChI=1S/C30H29N5O2S/c1-18(2)27(34-29(36)23-8-9-24-14-31-11-10-20(24)12-23)22-7-5-6-21(13-22)26-17-38-28(19(26)3)30(37)33-25-15-32-35(4)16-25/h5-18,27H,1-4H3,(H,33,37)(H,34,36)/t27-/m1/s1. The molecule has 0 aliphatic carbocycles. The third kappa shape index (κ3) is 5.21. The predicted molar refractivity (Wildman–Crippen MR) is 152 cm³/mol. The number of aryl methyl sites for hydroxylation is 1. The predicted octanol–water partition coefficient (Wildman–Crippen LogP) is 6.38. The minimum atomic E-state index is -0.178. The zero-order valence-corrected chi connectivity index (χ0v) is 22.5. The Morgan fingerprint density at radius 2 is 1.84 bits per heavy atom. The number of rotatable bonds is 7. The average Bonchev–Trinajstić information content (AvgIpc) is 3.51. The van der Waals surface area contributed by atoms with Crippen LogP contribution < -0.4 is 10.6 Å². The highest BCUT2D eigenvalue weighted by Gasteiger charge is 2.21. The van der Waals surface area contributed by atoms with Crippen molar-refractivity contribution in [2.75, 3.05) is 5.32 Å². The van der Waals surface area contributed by atoms with Gasteiger partial charge in [0.05, 0.1) is 22.8 Å². The van der Waals surface area contributed by atoms with Crippen LogP contribution in [0.2, 0.25) is 0 Å². The number of carbonyl (C=O) groups is 2. The Hall–Kier alpha value is -4.30. The summed E-state index contributed by atoms with van der Waals surface area (Å²) in [7, 11) is 1.81. The van der Waals surface area contributed by atoms with Crippen molar-refractivity contribution in [1.82, 2.24) is 20.1 Å². The molecule has 192 valence electrons. The summed E-state index contributed by atoms with van der Waals surface area (Å²) in [5.41, 5.74) is 5.22. The first-order valence-corrected chi connectivity index (χ1v) is 13.3. The molecular weight excluding hydrogens is 494 g/mol. The van der Waals surface area contributed by atoms with Gasteiger partial charge in [0.25, 0.3) is 11.8 Å². The molecule has 5 aromatic rings. The van der Waals surface area contributed by atoms with Crippen LogP contribution in [-0.4, -0.2) is 26.6 Å². The van der Waals surface area contributed by atoms with Crippen molar-refractivity contribution in [2.45, 2.75) is 26.8 Å².